The number of hydrogen-bond donors (Lipinski definition) is 1. The van der Waals surface area contributed by atoms with Crippen molar-refractivity contribution in [2.75, 3.05) is 27.4 Å². The van der Waals surface area contributed by atoms with Crippen molar-refractivity contribution in [2.24, 2.45) is 0 Å². The maximum atomic E-state index is 13.5. The van der Waals surface area contributed by atoms with Crippen LogP contribution in [0.1, 0.15) is 42.7 Å². The Morgan fingerprint density at radius 1 is 0.970 bits per heavy atom. The average molecular weight is 448 g/mol. The van der Waals surface area contributed by atoms with E-state index in [4.69, 9.17) is 14.2 Å². The number of hydrogen-bond acceptors (Lipinski definition) is 6. The van der Waals surface area contributed by atoms with Crippen LogP contribution in [-0.4, -0.2) is 39.2 Å². The number of ketones is 1. The Kier molecular flexibility index (Phi) is 6.94. The van der Waals surface area contributed by atoms with Crippen molar-refractivity contribution in [1.29, 1.82) is 0 Å². The summed E-state index contributed by atoms with van der Waals surface area (Å²) in [4.78, 5) is 26.7. The molecule has 0 aromatic heterocycles. The van der Waals surface area contributed by atoms with Crippen LogP contribution in [0.15, 0.2) is 77.1 Å². The van der Waals surface area contributed by atoms with Crippen LogP contribution in [0.5, 0.6) is 5.75 Å². The quantitative estimate of drug-likeness (QED) is 0.505. The lowest BCUT2D eigenvalue weighted by Crippen LogP contribution is -2.36. The largest absolute Gasteiger partial charge is 0.497 e. The van der Waals surface area contributed by atoms with Crippen LogP contribution in [0.25, 0.3) is 0 Å². The summed E-state index contributed by atoms with van der Waals surface area (Å²) in [5, 5.41) is 3.37. The highest BCUT2D eigenvalue weighted by molar-refractivity contribution is 6.04. The first-order chi connectivity index (χ1) is 16.0. The van der Waals surface area contributed by atoms with Gasteiger partial charge in [-0.2, -0.15) is 0 Å². The predicted molar refractivity (Wildman–Crippen MR) is 125 cm³/mol. The van der Waals surface area contributed by atoms with Gasteiger partial charge in [-0.15, -0.1) is 0 Å². The molecule has 1 heterocycles. The second kappa shape index (κ2) is 10.0. The van der Waals surface area contributed by atoms with E-state index in [1.54, 1.807) is 14.2 Å². The molecule has 1 N–H and O–H groups in total. The number of methoxy groups -OCH3 is 2. The summed E-state index contributed by atoms with van der Waals surface area (Å²) in [7, 11) is 3.17. The zero-order chi connectivity index (χ0) is 23.4. The fraction of sp³-hybridized carbons (Fsp3) is 0.333. The van der Waals surface area contributed by atoms with Crippen molar-refractivity contribution >= 4 is 11.8 Å². The van der Waals surface area contributed by atoms with E-state index in [1.807, 2.05) is 49.4 Å². The average Bonchev–Trinajstić information content (AvgIpc) is 2.83. The van der Waals surface area contributed by atoms with Gasteiger partial charge in [-0.1, -0.05) is 42.5 Å². The zero-order valence-electron chi connectivity index (χ0n) is 19.2. The third-order valence-corrected chi connectivity index (χ3v) is 6.29. The SMILES string of the molecule is COCCOC(=O)C1=C(C)NC2=C(C(=O)CC(c3ccccc3)C2)C1c1ccc(OC)cc1. The monoisotopic (exact) mass is 447 g/mol. The molecule has 1 aliphatic heterocycles. The molecule has 0 spiro atoms. The fourth-order valence-electron chi connectivity index (χ4n) is 4.70. The third-order valence-electron chi connectivity index (χ3n) is 6.29. The van der Waals surface area contributed by atoms with Gasteiger partial charge in [-0.05, 0) is 42.5 Å². The Labute approximate surface area is 194 Å². The van der Waals surface area contributed by atoms with Gasteiger partial charge in [0, 0.05) is 36.4 Å². The van der Waals surface area contributed by atoms with Gasteiger partial charge in [-0.3, -0.25) is 4.79 Å². The van der Waals surface area contributed by atoms with Gasteiger partial charge < -0.3 is 19.5 Å². The van der Waals surface area contributed by atoms with E-state index in [1.165, 1.54) is 0 Å². The first-order valence-corrected chi connectivity index (χ1v) is 11.1. The summed E-state index contributed by atoms with van der Waals surface area (Å²) in [6, 6.07) is 17.6. The van der Waals surface area contributed by atoms with Crippen LogP contribution >= 0.6 is 0 Å². The Morgan fingerprint density at radius 2 is 1.70 bits per heavy atom. The van der Waals surface area contributed by atoms with Crippen molar-refractivity contribution in [3.8, 4) is 5.75 Å². The van der Waals surface area contributed by atoms with Crippen molar-refractivity contribution in [2.45, 2.75) is 31.6 Å². The smallest absolute Gasteiger partial charge is 0.336 e. The Hall–Kier alpha value is -3.38. The van der Waals surface area contributed by atoms with E-state index < -0.39 is 11.9 Å². The zero-order valence-corrected chi connectivity index (χ0v) is 19.2. The molecule has 4 rings (SSSR count). The Bertz CT molecular complexity index is 1090. The molecule has 2 unspecified atom stereocenters. The van der Waals surface area contributed by atoms with E-state index in [2.05, 4.69) is 17.4 Å². The molecule has 2 aromatic carbocycles. The fourth-order valence-corrected chi connectivity index (χ4v) is 4.70. The van der Waals surface area contributed by atoms with Crippen LogP contribution in [0, 0.1) is 0 Å². The summed E-state index contributed by atoms with van der Waals surface area (Å²) in [6.45, 7) is 2.32. The van der Waals surface area contributed by atoms with Crippen LogP contribution in [0.4, 0.5) is 0 Å². The number of nitrogens with one attached hydrogen (secondary N) is 1. The molecule has 0 bridgehead atoms. The van der Waals surface area contributed by atoms with Crippen molar-refractivity contribution in [1.82, 2.24) is 5.32 Å². The minimum atomic E-state index is -0.494. The lowest BCUT2D eigenvalue weighted by molar-refractivity contribution is -0.140. The highest BCUT2D eigenvalue weighted by Gasteiger charge is 2.41. The van der Waals surface area contributed by atoms with E-state index >= 15 is 0 Å². The van der Waals surface area contributed by atoms with Crippen LogP contribution in [0.2, 0.25) is 0 Å². The number of rotatable bonds is 7. The predicted octanol–water partition coefficient (Wildman–Crippen LogP) is 4.25. The molecule has 33 heavy (non-hydrogen) atoms. The van der Waals surface area contributed by atoms with Gasteiger partial charge in [0.1, 0.15) is 12.4 Å². The third kappa shape index (κ3) is 4.71. The normalized spacial score (nSPS) is 20.3. The highest BCUT2D eigenvalue weighted by atomic mass is 16.6. The van der Waals surface area contributed by atoms with E-state index in [9.17, 15) is 9.59 Å². The lowest BCUT2D eigenvalue weighted by atomic mass is 9.72. The second-order valence-electron chi connectivity index (χ2n) is 8.33. The lowest BCUT2D eigenvalue weighted by Gasteiger charge is -2.36. The van der Waals surface area contributed by atoms with Crippen LogP contribution in [0.3, 0.4) is 0 Å². The number of ether oxygens (including phenoxy) is 3. The van der Waals surface area contributed by atoms with Crippen molar-refractivity contribution in [3.05, 3.63) is 88.3 Å². The molecule has 172 valence electrons. The molecule has 2 aliphatic rings. The maximum absolute atomic E-state index is 13.5. The van der Waals surface area contributed by atoms with Gasteiger partial charge in [0.2, 0.25) is 0 Å². The first kappa shape index (κ1) is 22.8. The molecule has 2 atom stereocenters. The number of carbonyl (C=O) groups is 2. The Balaban J connectivity index is 1.74. The molecule has 0 saturated carbocycles. The topological polar surface area (TPSA) is 73.9 Å². The number of Topliss-reactive ketones (excluding diaryl/α,β-unsaturated/α-hetero) is 1. The highest BCUT2D eigenvalue weighted by Crippen LogP contribution is 2.45. The summed E-state index contributed by atoms with van der Waals surface area (Å²) in [5.41, 5.74) is 4.70. The van der Waals surface area contributed by atoms with E-state index in [-0.39, 0.29) is 18.3 Å². The van der Waals surface area contributed by atoms with Gasteiger partial charge in [0.15, 0.2) is 5.78 Å². The summed E-state index contributed by atoms with van der Waals surface area (Å²) < 4.78 is 15.8. The molecule has 2 aromatic rings. The van der Waals surface area contributed by atoms with Gasteiger partial charge in [0.25, 0.3) is 0 Å². The molecule has 0 fully saturated rings. The molecular formula is C27H29NO5. The number of benzene rings is 2. The molecule has 1 aliphatic carbocycles. The summed E-state index contributed by atoms with van der Waals surface area (Å²) in [6.07, 6.45) is 1.11. The number of allylic oxidation sites excluding steroid dienone is 3. The minimum absolute atomic E-state index is 0.0492. The van der Waals surface area contributed by atoms with Crippen LogP contribution < -0.4 is 10.1 Å². The van der Waals surface area contributed by atoms with Gasteiger partial charge in [0.05, 0.1) is 19.3 Å². The van der Waals surface area contributed by atoms with Crippen LogP contribution in [-0.2, 0) is 19.1 Å². The molecule has 6 heteroatoms. The number of dihydropyridines is 1. The number of carbonyl (C=O) groups excluding carboxylic acids is 2. The second-order valence-corrected chi connectivity index (χ2v) is 8.33. The Morgan fingerprint density at radius 3 is 2.36 bits per heavy atom. The van der Waals surface area contributed by atoms with Crippen molar-refractivity contribution in [3.63, 3.8) is 0 Å². The molecule has 0 amide bonds. The molecule has 6 nitrogen and oxygen atoms in total. The molecule has 0 saturated heterocycles. The van der Waals surface area contributed by atoms with Gasteiger partial charge in [-0.25, -0.2) is 4.79 Å². The van der Waals surface area contributed by atoms with E-state index in [0.29, 0.717) is 42.0 Å². The summed E-state index contributed by atoms with van der Waals surface area (Å²) in [5.74, 6) is -0.0719. The minimum Gasteiger partial charge on any atom is -0.497 e. The summed E-state index contributed by atoms with van der Waals surface area (Å²) >= 11 is 0. The number of esters is 1. The maximum Gasteiger partial charge on any atom is 0.336 e. The van der Waals surface area contributed by atoms with Crippen molar-refractivity contribution < 1.29 is 23.8 Å². The van der Waals surface area contributed by atoms with E-state index in [0.717, 1.165) is 16.8 Å². The molecule has 0 radical (unpaired) electrons. The standard InChI is InChI=1S/C27H29NO5/c1-17-24(27(30)33-14-13-31-2)25(19-9-11-21(32-3)12-10-19)26-22(28-17)15-20(16-23(26)29)18-7-5-4-6-8-18/h4-12,20,25,28H,13-16H2,1-3H3. The molecular weight excluding hydrogens is 418 g/mol. The first-order valence-electron chi connectivity index (χ1n) is 11.1. The van der Waals surface area contributed by atoms with Gasteiger partial charge >= 0.3 is 5.97 Å².